The van der Waals surface area contributed by atoms with E-state index in [9.17, 15) is 27.6 Å². The zero-order chi connectivity index (χ0) is 26.7. The number of imidazole rings is 1. The van der Waals surface area contributed by atoms with E-state index in [4.69, 9.17) is 14.2 Å². The summed E-state index contributed by atoms with van der Waals surface area (Å²) in [6.45, 7) is 1.59. The second-order valence-corrected chi connectivity index (χ2v) is 7.84. The monoisotopic (exact) mass is 523 g/mol. The van der Waals surface area contributed by atoms with Crippen molar-refractivity contribution in [1.82, 2.24) is 19.5 Å². The molecule has 0 bridgehead atoms. The summed E-state index contributed by atoms with van der Waals surface area (Å²) in [4.78, 5) is 47.8. The average Bonchev–Trinajstić information content (AvgIpc) is 3.39. The van der Waals surface area contributed by atoms with Crippen molar-refractivity contribution in [2.75, 3.05) is 11.9 Å². The van der Waals surface area contributed by atoms with Gasteiger partial charge in [0.15, 0.2) is 35.4 Å². The third-order valence-corrected chi connectivity index (χ3v) is 5.21. The number of rotatable bonds is 7. The highest BCUT2D eigenvalue weighted by atomic mass is 19.4. The Bertz CT molecular complexity index is 1300. The number of carbonyl (C=O) groups excluding carboxylic acids is 3. The lowest BCUT2D eigenvalue weighted by atomic mass is 10.1. The van der Waals surface area contributed by atoms with Crippen LogP contribution in [0.5, 0.6) is 0 Å². The van der Waals surface area contributed by atoms with Crippen LogP contribution in [0.4, 0.5) is 19.0 Å². The lowest BCUT2D eigenvalue weighted by Gasteiger charge is -2.25. The topological polar surface area (TPSA) is 144 Å². The minimum absolute atomic E-state index is 0.00288. The molecule has 1 N–H and O–H groups in total. The maximum atomic E-state index is 13.4. The molecule has 1 saturated heterocycles. The summed E-state index contributed by atoms with van der Waals surface area (Å²) in [5, 5.41) is 2.59. The fraction of sp³-hybridized carbons (Fsp3) is 0.364. The molecule has 1 aromatic carbocycles. The van der Waals surface area contributed by atoms with Crippen LogP contribution in [0.25, 0.3) is 11.2 Å². The van der Waals surface area contributed by atoms with Crippen molar-refractivity contribution in [3.05, 3.63) is 48.5 Å². The number of fused-ring (bicyclic) bond motifs is 1. The molecule has 1 aliphatic heterocycles. The summed E-state index contributed by atoms with van der Waals surface area (Å²) >= 11 is 0. The second kappa shape index (κ2) is 10.5. The zero-order valence-corrected chi connectivity index (χ0v) is 19.3. The van der Waals surface area contributed by atoms with Gasteiger partial charge in [-0.05, 0) is 12.1 Å². The highest BCUT2D eigenvalue weighted by molar-refractivity contribution is 6.06. The quantitative estimate of drug-likeness (QED) is 0.459. The molecule has 196 valence electrons. The number of carbonyl (C=O) groups is 3. The van der Waals surface area contributed by atoms with Crippen LogP contribution in [0, 0.1) is 0 Å². The first-order chi connectivity index (χ1) is 17.5. The second-order valence-electron chi connectivity index (χ2n) is 7.84. The Morgan fingerprint density at radius 3 is 2.43 bits per heavy atom. The number of halogens is 3. The summed E-state index contributed by atoms with van der Waals surface area (Å²) in [7, 11) is 0. The van der Waals surface area contributed by atoms with E-state index < -0.39 is 55.4 Å². The van der Waals surface area contributed by atoms with Crippen molar-refractivity contribution in [2.24, 2.45) is 0 Å². The number of benzene rings is 1. The minimum Gasteiger partial charge on any atom is -0.463 e. The molecule has 0 radical (unpaired) electrons. The van der Waals surface area contributed by atoms with E-state index in [1.54, 1.807) is 30.3 Å². The average molecular weight is 523 g/mol. The van der Waals surface area contributed by atoms with Crippen molar-refractivity contribution in [1.29, 1.82) is 0 Å². The van der Waals surface area contributed by atoms with Gasteiger partial charge < -0.3 is 19.5 Å². The molecule has 1 aliphatic rings. The fourth-order valence-corrected chi connectivity index (χ4v) is 3.78. The van der Waals surface area contributed by atoms with Gasteiger partial charge in [-0.2, -0.15) is 0 Å². The summed E-state index contributed by atoms with van der Waals surface area (Å²) in [5.41, 5.74) is 0.381. The number of alkyl halides is 3. The Balaban J connectivity index is 1.70. The molecule has 0 unspecified atom stereocenters. The number of amides is 1. The molecule has 0 saturated carbocycles. The van der Waals surface area contributed by atoms with Gasteiger partial charge >= 0.3 is 18.3 Å². The Hall–Kier alpha value is -4.11. The van der Waals surface area contributed by atoms with Crippen LogP contribution in [0.15, 0.2) is 43.0 Å². The molecular weight excluding hydrogens is 503 g/mol. The van der Waals surface area contributed by atoms with Gasteiger partial charge in [-0.15, -0.1) is 13.2 Å². The molecule has 1 fully saturated rings. The smallest absolute Gasteiger partial charge is 0.463 e. The van der Waals surface area contributed by atoms with Crippen molar-refractivity contribution in [3.8, 4) is 0 Å². The number of aromatic nitrogens is 4. The van der Waals surface area contributed by atoms with Crippen LogP contribution < -0.4 is 5.32 Å². The third kappa shape index (κ3) is 6.00. The Morgan fingerprint density at radius 1 is 1.05 bits per heavy atom. The lowest BCUT2D eigenvalue weighted by molar-refractivity contribution is -0.355. The van der Waals surface area contributed by atoms with Gasteiger partial charge in [0.2, 0.25) is 0 Å². The van der Waals surface area contributed by atoms with Crippen LogP contribution in [-0.2, 0) is 28.5 Å². The first-order valence-electron chi connectivity index (χ1n) is 10.8. The van der Waals surface area contributed by atoms with E-state index in [-0.39, 0.29) is 17.0 Å². The van der Waals surface area contributed by atoms with Crippen molar-refractivity contribution >= 4 is 34.8 Å². The molecule has 3 heterocycles. The van der Waals surface area contributed by atoms with Gasteiger partial charge in [-0.25, -0.2) is 15.0 Å². The van der Waals surface area contributed by atoms with E-state index in [1.165, 1.54) is 0 Å². The largest absolute Gasteiger partial charge is 0.523 e. The number of ether oxygens (including phenoxy) is 4. The summed E-state index contributed by atoms with van der Waals surface area (Å²) in [5.74, 6) is -2.12. The van der Waals surface area contributed by atoms with Gasteiger partial charge in [0.25, 0.3) is 5.91 Å². The van der Waals surface area contributed by atoms with Crippen LogP contribution >= 0.6 is 0 Å². The molecule has 0 aliphatic carbocycles. The molecule has 37 heavy (non-hydrogen) atoms. The SMILES string of the molecule is CC(=O)OC[C@H]1O[C@@H](n2cnc3c(NC(=O)c4ccccc4)ncnc32)[C@H](OC(F)(F)F)[C@@H]1OC(C)=O. The number of hydrogen-bond donors (Lipinski definition) is 1. The van der Waals surface area contributed by atoms with Crippen molar-refractivity contribution < 1.29 is 46.5 Å². The molecule has 4 atom stereocenters. The number of anilines is 1. The van der Waals surface area contributed by atoms with E-state index in [2.05, 4.69) is 25.0 Å². The highest BCUT2D eigenvalue weighted by Gasteiger charge is 2.53. The van der Waals surface area contributed by atoms with Gasteiger partial charge in [0.1, 0.15) is 19.0 Å². The fourth-order valence-electron chi connectivity index (χ4n) is 3.78. The van der Waals surface area contributed by atoms with E-state index >= 15 is 0 Å². The third-order valence-electron chi connectivity index (χ3n) is 5.21. The Morgan fingerprint density at radius 2 is 1.78 bits per heavy atom. The van der Waals surface area contributed by atoms with E-state index in [0.29, 0.717) is 5.56 Å². The first kappa shape index (κ1) is 26.0. The lowest BCUT2D eigenvalue weighted by Crippen LogP contribution is -2.42. The predicted molar refractivity (Wildman–Crippen MR) is 117 cm³/mol. The van der Waals surface area contributed by atoms with Crippen molar-refractivity contribution in [2.45, 2.75) is 44.7 Å². The van der Waals surface area contributed by atoms with E-state index in [1.807, 2.05) is 0 Å². The maximum Gasteiger partial charge on any atom is 0.523 e. The highest BCUT2D eigenvalue weighted by Crippen LogP contribution is 2.39. The minimum atomic E-state index is -5.14. The molecule has 2 aromatic heterocycles. The van der Waals surface area contributed by atoms with Gasteiger partial charge in [0.05, 0.1) is 6.33 Å². The maximum absolute atomic E-state index is 13.4. The Kier molecular flexibility index (Phi) is 7.35. The summed E-state index contributed by atoms with van der Waals surface area (Å²) < 4.78 is 61.2. The zero-order valence-electron chi connectivity index (χ0n) is 19.3. The van der Waals surface area contributed by atoms with E-state index in [0.717, 1.165) is 31.1 Å². The number of nitrogens with zero attached hydrogens (tertiary/aromatic N) is 4. The van der Waals surface area contributed by atoms with Crippen molar-refractivity contribution in [3.63, 3.8) is 0 Å². The van der Waals surface area contributed by atoms with Gasteiger partial charge in [-0.1, -0.05) is 18.2 Å². The summed E-state index contributed by atoms with van der Waals surface area (Å²) in [6, 6.07) is 8.24. The standard InChI is InChI=1S/C22H20F3N5O7/c1-11(31)34-8-14-16(35-12(2)32)17(37-22(23,24)25)21(36-14)30-10-28-15-18(26-9-27-19(15)30)29-20(33)13-6-4-3-5-7-13/h3-7,9-10,14,16-17,21H,8H2,1-2H3,(H,26,27,29,33)/t14-,16-,17-,21-/m1/s1. The number of nitrogens with one attached hydrogen (secondary N) is 1. The number of hydrogen-bond acceptors (Lipinski definition) is 10. The Labute approximate surface area is 206 Å². The first-order valence-corrected chi connectivity index (χ1v) is 10.8. The van der Waals surface area contributed by atoms with Gasteiger partial charge in [-0.3, -0.25) is 23.7 Å². The molecular formula is C22H20F3N5O7. The normalized spacial score (nSPS) is 21.5. The molecule has 12 nitrogen and oxygen atoms in total. The molecule has 1 amide bonds. The summed E-state index contributed by atoms with van der Waals surface area (Å²) in [6.07, 6.45) is -9.32. The van der Waals surface area contributed by atoms with Crippen LogP contribution in [0.3, 0.4) is 0 Å². The van der Waals surface area contributed by atoms with Gasteiger partial charge in [0, 0.05) is 19.4 Å². The number of esters is 2. The molecule has 0 spiro atoms. The van der Waals surface area contributed by atoms with Crippen LogP contribution in [0.1, 0.15) is 30.4 Å². The molecule has 3 aromatic rings. The van der Waals surface area contributed by atoms with Crippen LogP contribution in [-0.4, -0.2) is 68.6 Å². The predicted octanol–water partition coefficient (Wildman–Crippen LogP) is 2.38. The molecule has 4 rings (SSSR count). The molecule has 15 heteroatoms. The van der Waals surface area contributed by atoms with Crippen LogP contribution in [0.2, 0.25) is 0 Å².